The third kappa shape index (κ3) is 4.64. The molecule has 1 aromatic heterocycles. The van der Waals surface area contributed by atoms with Gasteiger partial charge in [0, 0.05) is 13.0 Å². The van der Waals surface area contributed by atoms with Crippen LogP contribution in [0.15, 0.2) is 47.8 Å². The lowest BCUT2D eigenvalue weighted by atomic mass is 10.1. The SMILES string of the molecule is C[C@H](c1ccccc1)N1C[C@@H](C(=O)OCC(=O)NC(=O)c2cccs2)CC1=O. The molecule has 1 N–H and O–H groups in total. The van der Waals surface area contributed by atoms with Crippen molar-refractivity contribution in [1.29, 1.82) is 0 Å². The van der Waals surface area contributed by atoms with E-state index in [4.69, 9.17) is 4.74 Å². The van der Waals surface area contributed by atoms with E-state index in [1.54, 1.807) is 22.4 Å². The highest BCUT2D eigenvalue weighted by Crippen LogP contribution is 2.28. The van der Waals surface area contributed by atoms with Crippen molar-refractivity contribution in [3.63, 3.8) is 0 Å². The van der Waals surface area contributed by atoms with Crippen LogP contribution in [0.1, 0.15) is 34.6 Å². The fourth-order valence-electron chi connectivity index (χ4n) is 3.06. The van der Waals surface area contributed by atoms with Gasteiger partial charge in [0.2, 0.25) is 5.91 Å². The zero-order valence-electron chi connectivity index (χ0n) is 15.3. The Bertz CT molecular complexity index is 866. The first-order valence-corrected chi connectivity index (χ1v) is 9.72. The van der Waals surface area contributed by atoms with Crippen LogP contribution in [0.3, 0.4) is 0 Å². The fourth-order valence-corrected chi connectivity index (χ4v) is 3.68. The second-order valence-corrected chi connectivity index (χ2v) is 7.44. The van der Waals surface area contributed by atoms with Crippen molar-refractivity contribution >= 4 is 35.0 Å². The predicted octanol–water partition coefficient (Wildman–Crippen LogP) is 2.16. The van der Waals surface area contributed by atoms with Gasteiger partial charge >= 0.3 is 5.97 Å². The first kappa shape index (κ1) is 19.8. The molecular formula is C20H20N2O5S. The number of esters is 1. The molecular weight excluding hydrogens is 380 g/mol. The highest BCUT2D eigenvalue weighted by molar-refractivity contribution is 7.12. The number of ether oxygens (including phenoxy) is 1. The molecule has 1 aromatic carbocycles. The molecule has 146 valence electrons. The van der Waals surface area contributed by atoms with Crippen molar-refractivity contribution in [2.45, 2.75) is 19.4 Å². The van der Waals surface area contributed by atoms with E-state index in [0.717, 1.165) is 5.56 Å². The van der Waals surface area contributed by atoms with Crippen LogP contribution in [-0.2, 0) is 19.1 Å². The molecule has 1 aliphatic heterocycles. The molecule has 1 fully saturated rings. The molecule has 0 radical (unpaired) electrons. The number of benzene rings is 1. The van der Waals surface area contributed by atoms with Gasteiger partial charge in [0.1, 0.15) is 0 Å². The molecule has 0 aliphatic carbocycles. The normalized spacial score (nSPS) is 17.2. The van der Waals surface area contributed by atoms with Gasteiger partial charge in [-0.25, -0.2) is 0 Å². The molecule has 3 rings (SSSR count). The molecule has 7 nitrogen and oxygen atoms in total. The molecule has 8 heteroatoms. The lowest BCUT2D eigenvalue weighted by Crippen LogP contribution is -2.35. The number of hydrogen-bond donors (Lipinski definition) is 1. The second kappa shape index (κ2) is 8.79. The first-order valence-electron chi connectivity index (χ1n) is 8.84. The van der Waals surface area contributed by atoms with E-state index in [0.29, 0.717) is 4.88 Å². The number of carbonyl (C=O) groups excluding carboxylic acids is 4. The average molecular weight is 400 g/mol. The van der Waals surface area contributed by atoms with Crippen LogP contribution < -0.4 is 5.32 Å². The molecule has 2 heterocycles. The average Bonchev–Trinajstić information content (AvgIpc) is 3.36. The maximum Gasteiger partial charge on any atom is 0.311 e. The summed E-state index contributed by atoms with van der Waals surface area (Å²) in [6.07, 6.45) is 0.0474. The van der Waals surface area contributed by atoms with E-state index >= 15 is 0 Å². The first-order chi connectivity index (χ1) is 13.5. The van der Waals surface area contributed by atoms with Gasteiger partial charge in [-0.2, -0.15) is 0 Å². The number of nitrogens with one attached hydrogen (secondary N) is 1. The van der Waals surface area contributed by atoms with Crippen molar-refractivity contribution in [2.75, 3.05) is 13.2 Å². The van der Waals surface area contributed by atoms with Crippen LogP contribution >= 0.6 is 11.3 Å². The lowest BCUT2D eigenvalue weighted by molar-refractivity contribution is -0.152. The number of hydrogen-bond acceptors (Lipinski definition) is 6. The summed E-state index contributed by atoms with van der Waals surface area (Å²) in [6.45, 7) is 1.59. The third-order valence-corrected chi connectivity index (χ3v) is 5.45. The number of thiophene rings is 1. The Balaban J connectivity index is 1.49. The van der Waals surface area contributed by atoms with E-state index in [2.05, 4.69) is 5.32 Å². The van der Waals surface area contributed by atoms with Crippen molar-refractivity contribution in [2.24, 2.45) is 5.92 Å². The Kier molecular flexibility index (Phi) is 6.20. The lowest BCUT2D eigenvalue weighted by Gasteiger charge is -2.25. The Morgan fingerprint density at radius 3 is 2.64 bits per heavy atom. The molecule has 2 atom stereocenters. The van der Waals surface area contributed by atoms with Crippen molar-refractivity contribution < 1.29 is 23.9 Å². The number of imide groups is 1. The topological polar surface area (TPSA) is 92.8 Å². The Morgan fingerprint density at radius 1 is 1.21 bits per heavy atom. The summed E-state index contributed by atoms with van der Waals surface area (Å²) in [5.41, 5.74) is 0.983. The van der Waals surface area contributed by atoms with Crippen LogP contribution in [-0.4, -0.2) is 41.7 Å². The van der Waals surface area contributed by atoms with Gasteiger partial charge in [0.15, 0.2) is 6.61 Å². The van der Waals surface area contributed by atoms with E-state index in [-0.39, 0.29) is 24.9 Å². The number of amides is 3. The Hall–Kier alpha value is -3.00. The second-order valence-electron chi connectivity index (χ2n) is 6.50. The predicted molar refractivity (Wildman–Crippen MR) is 102 cm³/mol. The van der Waals surface area contributed by atoms with E-state index < -0.39 is 30.3 Å². The van der Waals surface area contributed by atoms with Crippen LogP contribution in [0.25, 0.3) is 0 Å². The molecule has 0 saturated carbocycles. The fraction of sp³-hybridized carbons (Fsp3) is 0.300. The molecule has 0 spiro atoms. The minimum Gasteiger partial charge on any atom is -0.455 e. The third-order valence-electron chi connectivity index (χ3n) is 4.58. The monoisotopic (exact) mass is 400 g/mol. The molecule has 1 saturated heterocycles. The van der Waals surface area contributed by atoms with Gasteiger partial charge in [0.05, 0.1) is 16.8 Å². The zero-order valence-corrected chi connectivity index (χ0v) is 16.1. The number of nitrogens with zero attached hydrogens (tertiary/aromatic N) is 1. The molecule has 1 aliphatic rings. The highest BCUT2D eigenvalue weighted by atomic mass is 32.1. The van der Waals surface area contributed by atoms with Crippen LogP contribution in [0.2, 0.25) is 0 Å². The van der Waals surface area contributed by atoms with Crippen molar-refractivity contribution in [3.8, 4) is 0 Å². The summed E-state index contributed by atoms with van der Waals surface area (Å²) in [5, 5.41) is 3.88. The van der Waals surface area contributed by atoms with Crippen molar-refractivity contribution in [3.05, 3.63) is 58.3 Å². The summed E-state index contributed by atoms with van der Waals surface area (Å²) in [7, 11) is 0. The summed E-state index contributed by atoms with van der Waals surface area (Å²) in [6, 6.07) is 12.7. The van der Waals surface area contributed by atoms with E-state index in [9.17, 15) is 19.2 Å². The van der Waals surface area contributed by atoms with E-state index in [1.807, 2.05) is 37.3 Å². The zero-order chi connectivity index (χ0) is 20.1. The van der Waals surface area contributed by atoms with Crippen LogP contribution in [0.4, 0.5) is 0 Å². The minimum absolute atomic E-state index is 0.0474. The van der Waals surface area contributed by atoms with Gasteiger partial charge in [-0.15, -0.1) is 11.3 Å². The Labute approximate surface area is 166 Å². The summed E-state index contributed by atoms with van der Waals surface area (Å²) < 4.78 is 5.01. The Morgan fingerprint density at radius 2 is 1.96 bits per heavy atom. The number of rotatable bonds is 6. The van der Waals surface area contributed by atoms with Gasteiger partial charge in [0.25, 0.3) is 11.8 Å². The summed E-state index contributed by atoms with van der Waals surface area (Å²) in [4.78, 5) is 50.2. The van der Waals surface area contributed by atoms with Gasteiger partial charge < -0.3 is 9.64 Å². The van der Waals surface area contributed by atoms with Crippen LogP contribution in [0, 0.1) is 5.92 Å². The van der Waals surface area contributed by atoms with Gasteiger partial charge in [-0.1, -0.05) is 36.4 Å². The highest BCUT2D eigenvalue weighted by Gasteiger charge is 2.38. The maximum absolute atomic E-state index is 12.3. The number of likely N-dealkylation sites (tertiary alicyclic amines) is 1. The standard InChI is InChI=1S/C20H20N2O5S/c1-13(14-6-3-2-4-7-14)22-11-15(10-18(22)24)20(26)27-12-17(23)21-19(25)16-8-5-9-28-16/h2-9,13,15H,10-12H2,1H3,(H,21,23,25)/t13-,15+/m1/s1. The molecule has 2 aromatic rings. The molecule has 0 bridgehead atoms. The van der Waals surface area contributed by atoms with Gasteiger partial charge in [-0.3, -0.25) is 24.5 Å². The van der Waals surface area contributed by atoms with Crippen LogP contribution in [0.5, 0.6) is 0 Å². The smallest absolute Gasteiger partial charge is 0.311 e. The molecule has 3 amide bonds. The summed E-state index contributed by atoms with van der Waals surface area (Å²) in [5.74, 6) is -2.61. The van der Waals surface area contributed by atoms with Crippen molar-refractivity contribution in [1.82, 2.24) is 10.2 Å². The molecule has 28 heavy (non-hydrogen) atoms. The number of carbonyl (C=O) groups is 4. The van der Waals surface area contributed by atoms with Gasteiger partial charge in [-0.05, 0) is 23.9 Å². The molecule has 0 unspecified atom stereocenters. The minimum atomic E-state index is -0.703. The van der Waals surface area contributed by atoms with E-state index in [1.165, 1.54) is 11.3 Å². The largest absolute Gasteiger partial charge is 0.455 e. The summed E-state index contributed by atoms with van der Waals surface area (Å²) >= 11 is 1.20. The maximum atomic E-state index is 12.3. The quantitative estimate of drug-likeness (QED) is 0.750.